The standard InChI is InChI=1S/C25H20N4OS/c1-29(18-9-3-2-4-10-18)19-15-16-26-23(17-19)20-11-5-8-14-24(20)31(30)25-27-21-12-6-7-13-22(21)28-25/h2-17H,1H3,(H,27,28). The van der Waals surface area contributed by atoms with Gasteiger partial charge in [0.05, 0.1) is 33.5 Å². The zero-order valence-corrected chi connectivity index (χ0v) is 17.7. The molecule has 3 aromatic carbocycles. The number of rotatable bonds is 5. The second-order valence-electron chi connectivity index (χ2n) is 7.12. The second kappa shape index (κ2) is 8.26. The van der Waals surface area contributed by atoms with E-state index in [4.69, 9.17) is 0 Å². The SMILES string of the molecule is CN(c1ccccc1)c1ccnc(-c2ccccc2[S+]([O-])c2nc3ccccc3[nH]2)c1. The molecular weight excluding hydrogens is 404 g/mol. The van der Waals surface area contributed by atoms with E-state index >= 15 is 0 Å². The van der Waals surface area contributed by atoms with Crippen LogP contribution in [-0.4, -0.2) is 26.6 Å². The number of pyridine rings is 1. The predicted octanol–water partition coefficient (Wildman–Crippen LogP) is 5.56. The molecule has 31 heavy (non-hydrogen) atoms. The fourth-order valence-electron chi connectivity index (χ4n) is 3.54. The maximum Gasteiger partial charge on any atom is 0.327 e. The highest BCUT2D eigenvalue weighted by atomic mass is 32.2. The number of imidazole rings is 1. The Bertz CT molecular complexity index is 1300. The fraction of sp³-hybridized carbons (Fsp3) is 0.0400. The molecule has 0 aliphatic heterocycles. The Kier molecular flexibility index (Phi) is 5.16. The van der Waals surface area contributed by atoms with Crippen molar-refractivity contribution in [2.75, 3.05) is 11.9 Å². The molecule has 0 aliphatic carbocycles. The van der Waals surface area contributed by atoms with Crippen molar-refractivity contribution in [3.63, 3.8) is 0 Å². The van der Waals surface area contributed by atoms with Gasteiger partial charge in [-0.2, -0.15) is 4.98 Å². The third-order valence-electron chi connectivity index (χ3n) is 5.18. The number of anilines is 2. The highest BCUT2D eigenvalue weighted by Crippen LogP contribution is 2.32. The van der Waals surface area contributed by atoms with Crippen LogP contribution in [0, 0.1) is 0 Å². The van der Waals surface area contributed by atoms with E-state index in [1.54, 1.807) is 6.20 Å². The lowest BCUT2D eigenvalue weighted by Crippen LogP contribution is -2.10. The van der Waals surface area contributed by atoms with Crippen molar-refractivity contribution in [3.8, 4) is 11.3 Å². The number of aromatic amines is 1. The summed E-state index contributed by atoms with van der Waals surface area (Å²) in [6.07, 6.45) is 1.78. The summed E-state index contributed by atoms with van der Waals surface area (Å²) in [5, 5.41) is 0.436. The Morgan fingerprint density at radius 3 is 2.42 bits per heavy atom. The van der Waals surface area contributed by atoms with Crippen LogP contribution in [0.25, 0.3) is 22.3 Å². The van der Waals surface area contributed by atoms with Crippen molar-refractivity contribution < 1.29 is 4.55 Å². The molecule has 1 N–H and O–H groups in total. The monoisotopic (exact) mass is 424 g/mol. The number of nitrogens with zero attached hydrogens (tertiary/aromatic N) is 3. The minimum absolute atomic E-state index is 0.436. The maximum absolute atomic E-state index is 13.4. The zero-order chi connectivity index (χ0) is 21.2. The quantitative estimate of drug-likeness (QED) is 0.375. The average molecular weight is 425 g/mol. The van der Waals surface area contributed by atoms with Crippen LogP contribution in [0.15, 0.2) is 107 Å². The summed E-state index contributed by atoms with van der Waals surface area (Å²) in [6, 6.07) is 29.5. The first-order chi connectivity index (χ1) is 15.2. The van der Waals surface area contributed by atoms with Crippen LogP contribution in [0.4, 0.5) is 11.4 Å². The van der Waals surface area contributed by atoms with Gasteiger partial charge in [-0.05, 0) is 48.5 Å². The molecule has 0 aliphatic rings. The number of nitrogens with one attached hydrogen (secondary N) is 1. The molecule has 0 radical (unpaired) electrons. The number of H-pyrrole nitrogens is 1. The van der Waals surface area contributed by atoms with E-state index in [9.17, 15) is 4.55 Å². The Balaban J connectivity index is 1.53. The normalized spacial score (nSPS) is 12.1. The van der Waals surface area contributed by atoms with Crippen LogP contribution in [0.2, 0.25) is 0 Å². The van der Waals surface area contributed by atoms with Gasteiger partial charge in [-0.3, -0.25) is 9.97 Å². The van der Waals surface area contributed by atoms with Gasteiger partial charge in [0.2, 0.25) is 0 Å². The molecule has 152 valence electrons. The van der Waals surface area contributed by atoms with Gasteiger partial charge in [-0.1, -0.05) is 42.5 Å². The molecule has 2 aromatic heterocycles. The number of benzene rings is 3. The molecule has 1 unspecified atom stereocenters. The van der Waals surface area contributed by atoms with Crippen molar-refractivity contribution >= 4 is 33.6 Å². The van der Waals surface area contributed by atoms with Crippen LogP contribution >= 0.6 is 0 Å². The summed E-state index contributed by atoms with van der Waals surface area (Å²) in [7, 11) is 2.02. The van der Waals surface area contributed by atoms with Crippen LogP contribution < -0.4 is 4.90 Å². The summed E-state index contributed by atoms with van der Waals surface area (Å²) in [5.41, 5.74) is 5.34. The number of fused-ring (bicyclic) bond motifs is 1. The van der Waals surface area contributed by atoms with E-state index in [2.05, 4.69) is 32.0 Å². The van der Waals surface area contributed by atoms with Gasteiger partial charge in [0.15, 0.2) is 4.90 Å². The van der Waals surface area contributed by atoms with E-state index in [0.29, 0.717) is 10.1 Å². The molecular formula is C25H20N4OS. The molecule has 0 amide bonds. The van der Waals surface area contributed by atoms with E-state index < -0.39 is 11.2 Å². The fourth-order valence-corrected chi connectivity index (χ4v) is 4.70. The summed E-state index contributed by atoms with van der Waals surface area (Å²) >= 11 is -1.47. The molecule has 1 atom stereocenters. The molecule has 0 spiro atoms. The Morgan fingerprint density at radius 1 is 0.839 bits per heavy atom. The van der Waals surface area contributed by atoms with Crippen molar-refractivity contribution in [1.82, 2.24) is 15.0 Å². The van der Waals surface area contributed by atoms with Crippen LogP contribution in [-0.2, 0) is 11.2 Å². The smallest absolute Gasteiger partial charge is 0.327 e. The lowest BCUT2D eigenvalue weighted by molar-refractivity contribution is 0.588. The third kappa shape index (κ3) is 3.79. The zero-order valence-electron chi connectivity index (χ0n) is 16.9. The van der Waals surface area contributed by atoms with Crippen molar-refractivity contribution in [2.24, 2.45) is 0 Å². The van der Waals surface area contributed by atoms with Gasteiger partial charge in [0.1, 0.15) is 0 Å². The molecule has 2 heterocycles. The minimum atomic E-state index is -1.47. The van der Waals surface area contributed by atoms with Crippen LogP contribution in [0.5, 0.6) is 0 Å². The predicted molar refractivity (Wildman–Crippen MR) is 125 cm³/mol. The first-order valence-electron chi connectivity index (χ1n) is 9.91. The maximum atomic E-state index is 13.4. The van der Waals surface area contributed by atoms with Crippen molar-refractivity contribution in [2.45, 2.75) is 10.1 Å². The molecule has 5 nitrogen and oxygen atoms in total. The summed E-state index contributed by atoms with van der Waals surface area (Å²) < 4.78 is 13.4. The summed E-state index contributed by atoms with van der Waals surface area (Å²) in [5.74, 6) is 0. The van der Waals surface area contributed by atoms with Crippen LogP contribution in [0.1, 0.15) is 0 Å². The lowest BCUT2D eigenvalue weighted by Gasteiger charge is -2.20. The van der Waals surface area contributed by atoms with Gasteiger partial charge in [0.25, 0.3) is 0 Å². The molecule has 6 heteroatoms. The molecule has 5 rings (SSSR count). The Labute approximate surface area is 183 Å². The Morgan fingerprint density at radius 2 is 1.58 bits per heavy atom. The molecule has 0 bridgehead atoms. The number of aromatic nitrogens is 3. The van der Waals surface area contributed by atoms with Gasteiger partial charge >= 0.3 is 5.16 Å². The summed E-state index contributed by atoms with van der Waals surface area (Å²) in [6.45, 7) is 0. The highest BCUT2D eigenvalue weighted by molar-refractivity contribution is 7.91. The van der Waals surface area contributed by atoms with Gasteiger partial charge in [0, 0.05) is 24.6 Å². The first kappa shape index (κ1) is 19.4. The average Bonchev–Trinajstić information content (AvgIpc) is 3.28. The van der Waals surface area contributed by atoms with E-state index in [1.807, 2.05) is 85.9 Å². The van der Waals surface area contributed by atoms with Crippen molar-refractivity contribution in [3.05, 3.63) is 97.2 Å². The van der Waals surface area contributed by atoms with Gasteiger partial charge in [-0.15, -0.1) is 0 Å². The topological polar surface area (TPSA) is 67.9 Å². The molecule has 0 saturated carbocycles. The van der Waals surface area contributed by atoms with Gasteiger partial charge < -0.3 is 9.45 Å². The molecule has 0 fully saturated rings. The summed E-state index contributed by atoms with van der Waals surface area (Å²) in [4.78, 5) is 15.1. The van der Waals surface area contributed by atoms with Crippen LogP contribution in [0.3, 0.4) is 0 Å². The number of hydrogen-bond acceptors (Lipinski definition) is 4. The Hall–Kier alpha value is -3.61. The van der Waals surface area contributed by atoms with E-state index in [-0.39, 0.29) is 0 Å². The van der Waals surface area contributed by atoms with Gasteiger partial charge in [-0.25, -0.2) is 0 Å². The number of para-hydroxylation sites is 3. The largest absolute Gasteiger partial charge is 0.604 e. The van der Waals surface area contributed by atoms with E-state index in [0.717, 1.165) is 33.7 Å². The minimum Gasteiger partial charge on any atom is -0.604 e. The number of hydrogen-bond donors (Lipinski definition) is 1. The highest BCUT2D eigenvalue weighted by Gasteiger charge is 2.24. The third-order valence-corrected chi connectivity index (χ3v) is 6.48. The van der Waals surface area contributed by atoms with Crippen molar-refractivity contribution in [1.29, 1.82) is 0 Å². The second-order valence-corrected chi connectivity index (χ2v) is 8.48. The first-order valence-corrected chi connectivity index (χ1v) is 11.1. The molecule has 0 saturated heterocycles. The van der Waals surface area contributed by atoms with E-state index in [1.165, 1.54) is 0 Å². The lowest BCUT2D eigenvalue weighted by atomic mass is 10.1. The molecule has 5 aromatic rings.